The number of fused-ring (bicyclic) bond motifs is 2. The Bertz CT molecular complexity index is 1310. The van der Waals surface area contributed by atoms with Crippen molar-refractivity contribution in [1.29, 1.82) is 0 Å². The summed E-state index contributed by atoms with van der Waals surface area (Å²) in [4.78, 5) is 33.1. The molecule has 2 aromatic carbocycles. The van der Waals surface area contributed by atoms with Gasteiger partial charge in [-0.25, -0.2) is 9.59 Å². The maximum absolute atomic E-state index is 13.0. The van der Waals surface area contributed by atoms with Crippen LogP contribution in [-0.4, -0.2) is 27.6 Å². The van der Waals surface area contributed by atoms with Crippen LogP contribution in [0.3, 0.4) is 0 Å². The van der Waals surface area contributed by atoms with Crippen molar-refractivity contribution in [3.8, 4) is 0 Å². The summed E-state index contributed by atoms with van der Waals surface area (Å²) in [6.07, 6.45) is 2.20. The third-order valence-corrected chi connectivity index (χ3v) is 4.95. The van der Waals surface area contributed by atoms with Crippen molar-refractivity contribution in [3.05, 3.63) is 70.2 Å². The molecule has 0 unspecified atom stereocenters. The van der Waals surface area contributed by atoms with E-state index in [9.17, 15) is 9.59 Å². The van der Waals surface area contributed by atoms with E-state index in [0.29, 0.717) is 17.3 Å². The molecule has 0 aliphatic heterocycles. The molecule has 7 heteroatoms. The number of aromatic nitrogens is 2. The Balaban J connectivity index is 1.70. The maximum Gasteiger partial charge on any atom is 0.348 e. The highest BCUT2D eigenvalue weighted by Crippen LogP contribution is 2.22. The lowest BCUT2D eigenvalue weighted by atomic mass is 10.0. The second kappa shape index (κ2) is 7.91. The molecule has 7 nitrogen and oxygen atoms in total. The predicted molar refractivity (Wildman–Crippen MR) is 120 cm³/mol. The number of aromatic amines is 1. The minimum atomic E-state index is -0.795. The summed E-state index contributed by atoms with van der Waals surface area (Å²) in [5.41, 5.74) is 2.05. The SMILES string of the molecule is Cc1cccc2nc(N[C@@H](Cc3c[nH]c4ccccc34)C(=O)OC(C)(C)C)oc(=O)c12. The van der Waals surface area contributed by atoms with Crippen LogP contribution in [0.2, 0.25) is 0 Å². The van der Waals surface area contributed by atoms with Crippen LogP contribution in [0.15, 0.2) is 57.9 Å². The summed E-state index contributed by atoms with van der Waals surface area (Å²) in [6.45, 7) is 7.26. The van der Waals surface area contributed by atoms with Gasteiger partial charge in [0.2, 0.25) is 0 Å². The largest absolute Gasteiger partial charge is 0.458 e. The number of hydrogen-bond donors (Lipinski definition) is 2. The maximum atomic E-state index is 13.0. The van der Waals surface area contributed by atoms with Gasteiger partial charge in [0.05, 0.1) is 10.9 Å². The Labute approximate surface area is 179 Å². The van der Waals surface area contributed by atoms with Crippen molar-refractivity contribution in [1.82, 2.24) is 9.97 Å². The van der Waals surface area contributed by atoms with E-state index in [4.69, 9.17) is 9.15 Å². The molecule has 2 aromatic heterocycles. The highest BCUT2D eigenvalue weighted by molar-refractivity contribution is 5.86. The number of anilines is 1. The molecule has 0 spiro atoms. The van der Waals surface area contributed by atoms with Crippen molar-refractivity contribution in [3.63, 3.8) is 0 Å². The third-order valence-electron chi connectivity index (χ3n) is 4.95. The quantitative estimate of drug-likeness (QED) is 0.467. The fraction of sp³-hybridized carbons (Fsp3) is 0.292. The van der Waals surface area contributed by atoms with Gasteiger partial charge in [-0.2, -0.15) is 4.98 Å². The Morgan fingerprint density at radius 1 is 1.19 bits per heavy atom. The molecule has 0 bridgehead atoms. The standard InChI is InChI=1S/C24H25N3O4/c1-14-8-7-11-18-20(14)22(29)30-23(26-18)27-19(21(28)31-24(2,3)4)12-15-13-25-17-10-6-5-9-16(15)17/h5-11,13,19,25H,12H2,1-4H3,(H,26,27)/t19-/m0/s1. The molecule has 0 saturated carbocycles. The molecule has 2 N–H and O–H groups in total. The van der Waals surface area contributed by atoms with Crippen molar-refractivity contribution >= 4 is 33.8 Å². The molecule has 4 rings (SSSR count). The summed E-state index contributed by atoms with van der Waals surface area (Å²) in [5, 5.41) is 4.43. The molecule has 31 heavy (non-hydrogen) atoms. The van der Waals surface area contributed by atoms with E-state index in [1.54, 1.807) is 6.07 Å². The summed E-state index contributed by atoms with van der Waals surface area (Å²) in [7, 11) is 0. The Morgan fingerprint density at radius 3 is 2.74 bits per heavy atom. The highest BCUT2D eigenvalue weighted by atomic mass is 16.6. The number of hydrogen-bond acceptors (Lipinski definition) is 6. The first kappa shape index (κ1) is 20.7. The molecule has 0 aliphatic rings. The lowest BCUT2D eigenvalue weighted by molar-refractivity contribution is -0.155. The lowest BCUT2D eigenvalue weighted by Gasteiger charge is -2.24. The number of carbonyl (C=O) groups excluding carboxylic acids is 1. The zero-order valence-corrected chi connectivity index (χ0v) is 18.0. The first-order valence-corrected chi connectivity index (χ1v) is 10.2. The third kappa shape index (κ3) is 4.45. The summed E-state index contributed by atoms with van der Waals surface area (Å²) >= 11 is 0. The van der Waals surface area contributed by atoms with Crippen LogP contribution in [0.25, 0.3) is 21.8 Å². The number of aryl methyl sites for hydroxylation is 1. The van der Waals surface area contributed by atoms with Crippen molar-refractivity contribution < 1.29 is 13.9 Å². The smallest absolute Gasteiger partial charge is 0.348 e. The van der Waals surface area contributed by atoms with Gasteiger partial charge in [0.1, 0.15) is 11.6 Å². The normalized spacial score (nSPS) is 12.8. The van der Waals surface area contributed by atoms with Crippen LogP contribution >= 0.6 is 0 Å². The predicted octanol–water partition coefficient (Wildman–Crippen LogP) is 4.34. The number of ether oxygens (including phenoxy) is 1. The van der Waals surface area contributed by atoms with Crippen molar-refractivity contribution in [2.45, 2.75) is 45.8 Å². The van der Waals surface area contributed by atoms with E-state index in [-0.39, 0.29) is 6.01 Å². The number of benzene rings is 2. The number of rotatable bonds is 5. The minimum absolute atomic E-state index is 0.0150. The number of nitrogens with one attached hydrogen (secondary N) is 2. The second-order valence-electron chi connectivity index (χ2n) is 8.57. The second-order valence-corrected chi connectivity index (χ2v) is 8.57. The Kier molecular flexibility index (Phi) is 5.27. The van der Waals surface area contributed by atoms with E-state index in [2.05, 4.69) is 15.3 Å². The molecule has 160 valence electrons. The lowest BCUT2D eigenvalue weighted by Crippen LogP contribution is -2.38. The molecule has 0 radical (unpaired) electrons. The monoisotopic (exact) mass is 419 g/mol. The molecular weight excluding hydrogens is 394 g/mol. The van der Waals surface area contributed by atoms with Crippen molar-refractivity contribution in [2.24, 2.45) is 0 Å². The zero-order chi connectivity index (χ0) is 22.2. The van der Waals surface area contributed by atoms with Gasteiger partial charge in [-0.3, -0.25) is 0 Å². The van der Waals surface area contributed by atoms with Crippen LogP contribution < -0.4 is 10.9 Å². The van der Waals surface area contributed by atoms with Crippen LogP contribution in [0, 0.1) is 6.92 Å². The number of carbonyl (C=O) groups is 1. The fourth-order valence-electron chi connectivity index (χ4n) is 3.58. The fourth-order valence-corrected chi connectivity index (χ4v) is 3.58. The molecule has 0 saturated heterocycles. The van der Waals surface area contributed by atoms with Gasteiger partial charge in [0.25, 0.3) is 6.01 Å². The average Bonchev–Trinajstić information content (AvgIpc) is 3.09. The molecule has 4 aromatic rings. The van der Waals surface area contributed by atoms with Gasteiger partial charge in [0, 0.05) is 23.5 Å². The van der Waals surface area contributed by atoms with Crippen molar-refractivity contribution in [2.75, 3.05) is 5.32 Å². The zero-order valence-electron chi connectivity index (χ0n) is 18.0. The number of esters is 1. The molecule has 0 amide bonds. The summed E-state index contributed by atoms with van der Waals surface area (Å²) < 4.78 is 11.0. The molecule has 0 fully saturated rings. The van der Waals surface area contributed by atoms with Gasteiger partial charge in [-0.15, -0.1) is 0 Å². The van der Waals surface area contributed by atoms with Gasteiger partial charge in [-0.05, 0) is 51.0 Å². The van der Waals surface area contributed by atoms with E-state index >= 15 is 0 Å². The molecule has 0 aliphatic carbocycles. The van der Waals surface area contributed by atoms with Gasteiger partial charge in [0.15, 0.2) is 0 Å². The number of para-hydroxylation sites is 1. The molecular formula is C24H25N3O4. The first-order chi connectivity index (χ1) is 14.7. The Hall–Kier alpha value is -3.61. The van der Waals surface area contributed by atoms with E-state index in [1.165, 1.54) is 0 Å². The highest BCUT2D eigenvalue weighted by Gasteiger charge is 2.27. The van der Waals surface area contributed by atoms with E-state index in [1.807, 2.05) is 70.3 Å². The topological polar surface area (TPSA) is 97.2 Å². The number of H-pyrrole nitrogens is 1. The van der Waals surface area contributed by atoms with Crippen LogP contribution in [0.1, 0.15) is 31.9 Å². The summed E-state index contributed by atoms with van der Waals surface area (Å²) in [5.74, 6) is -0.452. The average molecular weight is 419 g/mol. The minimum Gasteiger partial charge on any atom is -0.458 e. The molecule has 2 heterocycles. The van der Waals surface area contributed by atoms with Crippen LogP contribution in [0.5, 0.6) is 0 Å². The van der Waals surface area contributed by atoms with E-state index < -0.39 is 23.2 Å². The van der Waals surface area contributed by atoms with Crippen LogP contribution in [0.4, 0.5) is 6.01 Å². The van der Waals surface area contributed by atoms with Gasteiger partial charge >= 0.3 is 11.6 Å². The first-order valence-electron chi connectivity index (χ1n) is 10.2. The summed E-state index contributed by atoms with van der Waals surface area (Å²) in [6, 6.07) is 12.4. The molecule has 1 atom stereocenters. The van der Waals surface area contributed by atoms with Gasteiger partial charge in [-0.1, -0.05) is 30.3 Å². The Morgan fingerprint density at radius 2 is 1.97 bits per heavy atom. The van der Waals surface area contributed by atoms with E-state index in [0.717, 1.165) is 22.0 Å². The number of nitrogens with zero attached hydrogens (tertiary/aromatic N) is 1. The van der Waals surface area contributed by atoms with Crippen LogP contribution in [-0.2, 0) is 16.0 Å². The van der Waals surface area contributed by atoms with Gasteiger partial charge < -0.3 is 19.5 Å².